The van der Waals surface area contributed by atoms with E-state index in [0.717, 1.165) is 64.6 Å². The Kier molecular flexibility index (Phi) is 7.56. The molecule has 2 unspecified atom stereocenters. The van der Waals surface area contributed by atoms with Crippen molar-refractivity contribution >= 4 is 5.84 Å². The van der Waals surface area contributed by atoms with Gasteiger partial charge in [-0.25, -0.2) is 0 Å². The Labute approximate surface area is 211 Å². The molecule has 1 aliphatic carbocycles. The van der Waals surface area contributed by atoms with Crippen LogP contribution in [0.3, 0.4) is 0 Å². The van der Waals surface area contributed by atoms with Crippen molar-refractivity contribution in [2.75, 3.05) is 66.5 Å². The van der Waals surface area contributed by atoms with Gasteiger partial charge in [0.25, 0.3) is 0 Å². The molecule has 3 aliphatic heterocycles. The van der Waals surface area contributed by atoms with E-state index in [0.29, 0.717) is 12.1 Å². The van der Waals surface area contributed by atoms with E-state index in [-0.39, 0.29) is 6.04 Å². The van der Waals surface area contributed by atoms with Gasteiger partial charge >= 0.3 is 0 Å². The highest BCUT2D eigenvalue weighted by Crippen LogP contribution is 2.34. The first-order valence-electron chi connectivity index (χ1n) is 13.6. The Morgan fingerprint density at radius 2 is 1.89 bits per heavy atom. The zero-order valence-corrected chi connectivity index (χ0v) is 22.1. The van der Waals surface area contributed by atoms with Gasteiger partial charge in [0.05, 0.1) is 23.8 Å². The van der Waals surface area contributed by atoms with Crippen molar-refractivity contribution in [2.45, 2.75) is 51.2 Å². The molecule has 4 aliphatic rings. The second-order valence-corrected chi connectivity index (χ2v) is 10.5. The number of hydrogen-bond donors (Lipinski definition) is 0. The Morgan fingerprint density at radius 3 is 2.66 bits per heavy atom. The van der Waals surface area contributed by atoms with Gasteiger partial charge in [0.2, 0.25) is 0 Å². The third kappa shape index (κ3) is 5.04. The van der Waals surface area contributed by atoms with Crippen molar-refractivity contribution in [3.05, 3.63) is 53.6 Å². The molecule has 1 aromatic heterocycles. The molecule has 0 radical (unpaired) electrons. The fraction of sp³-hybridized carbons (Fsp3) is 0.643. The van der Waals surface area contributed by atoms with Crippen LogP contribution in [0.15, 0.2) is 47.4 Å². The molecule has 3 atom stereocenters. The Bertz CT molecular complexity index is 958. The zero-order valence-electron chi connectivity index (χ0n) is 22.1. The maximum atomic E-state index is 5.35. The fourth-order valence-electron chi connectivity index (χ4n) is 6.21. The number of aryl methyl sites for hydroxylation is 1. The molecule has 0 saturated carbocycles. The first-order chi connectivity index (χ1) is 17.1. The van der Waals surface area contributed by atoms with Crippen LogP contribution in [0.25, 0.3) is 0 Å². The van der Waals surface area contributed by atoms with Gasteiger partial charge in [0.15, 0.2) is 0 Å². The van der Waals surface area contributed by atoms with Gasteiger partial charge in [0, 0.05) is 45.5 Å². The summed E-state index contributed by atoms with van der Waals surface area (Å²) >= 11 is 0. The lowest BCUT2D eigenvalue weighted by Crippen LogP contribution is -2.54. The Balaban J connectivity index is 1.39. The van der Waals surface area contributed by atoms with E-state index < -0.39 is 0 Å². The highest BCUT2D eigenvalue weighted by molar-refractivity contribution is 5.97. The summed E-state index contributed by atoms with van der Waals surface area (Å²) in [6.45, 7) is 13.1. The van der Waals surface area contributed by atoms with Gasteiger partial charge in [-0.2, -0.15) is 0 Å². The van der Waals surface area contributed by atoms with Crippen LogP contribution in [0.1, 0.15) is 44.0 Å². The van der Waals surface area contributed by atoms with E-state index in [1.54, 1.807) is 0 Å². The maximum absolute atomic E-state index is 5.35. The van der Waals surface area contributed by atoms with E-state index in [9.17, 15) is 0 Å². The van der Waals surface area contributed by atoms with Gasteiger partial charge in [0.1, 0.15) is 11.7 Å². The second kappa shape index (κ2) is 10.8. The molecule has 190 valence electrons. The second-order valence-electron chi connectivity index (χ2n) is 10.5. The van der Waals surface area contributed by atoms with Gasteiger partial charge in [-0.15, -0.1) is 0 Å². The quantitative estimate of drug-likeness (QED) is 0.574. The van der Waals surface area contributed by atoms with E-state index >= 15 is 0 Å². The lowest BCUT2D eigenvalue weighted by molar-refractivity contribution is 0.125. The molecule has 1 fully saturated rings. The number of fused-ring (bicyclic) bond motifs is 2. The summed E-state index contributed by atoms with van der Waals surface area (Å²) in [6.07, 6.45) is 12.3. The predicted octanol–water partition coefficient (Wildman–Crippen LogP) is 2.84. The maximum Gasteiger partial charge on any atom is 0.129 e. The minimum absolute atomic E-state index is 0.239. The molecule has 7 nitrogen and oxygen atoms in total. The highest BCUT2D eigenvalue weighted by atomic mass is 15.4. The zero-order chi connectivity index (χ0) is 24.4. The number of amidine groups is 1. The topological polar surface area (TPSA) is 41.5 Å². The van der Waals surface area contributed by atoms with Crippen LogP contribution in [-0.2, 0) is 6.42 Å². The lowest BCUT2D eigenvalue weighted by atomic mass is 9.90. The first kappa shape index (κ1) is 24.5. The van der Waals surface area contributed by atoms with Crippen molar-refractivity contribution in [2.24, 2.45) is 4.99 Å². The molecule has 7 heteroatoms. The van der Waals surface area contributed by atoms with Crippen LogP contribution in [0.4, 0.5) is 0 Å². The Morgan fingerprint density at radius 1 is 1.09 bits per heavy atom. The number of nitrogens with zero attached hydrogens (tertiary/aromatic N) is 7. The fourth-order valence-corrected chi connectivity index (χ4v) is 6.21. The summed E-state index contributed by atoms with van der Waals surface area (Å²) in [6, 6.07) is 5.31. The van der Waals surface area contributed by atoms with E-state index in [1.807, 2.05) is 6.20 Å². The average molecular weight is 478 g/mol. The third-order valence-electron chi connectivity index (χ3n) is 8.40. The highest BCUT2D eigenvalue weighted by Gasteiger charge is 2.41. The molecular weight excluding hydrogens is 434 g/mol. The molecule has 0 N–H and O–H groups in total. The number of piperazine rings is 1. The largest absolute Gasteiger partial charge is 0.355 e. The van der Waals surface area contributed by atoms with Crippen molar-refractivity contribution in [3.63, 3.8) is 0 Å². The minimum Gasteiger partial charge on any atom is -0.355 e. The van der Waals surface area contributed by atoms with Crippen LogP contribution in [-0.4, -0.2) is 114 Å². The van der Waals surface area contributed by atoms with Crippen molar-refractivity contribution in [1.29, 1.82) is 0 Å². The van der Waals surface area contributed by atoms with Crippen LogP contribution in [0, 0.1) is 0 Å². The molecule has 0 spiro atoms. The summed E-state index contributed by atoms with van der Waals surface area (Å²) in [7, 11) is 4.51. The van der Waals surface area contributed by atoms with Crippen LogP contribution in [0.5, 0.6) is 0 Å². The number of rotatable bonds is 8. The van der Waals surface area contributed by atoms with Crippen LogP contribution in [0.2, 0.25) is 0 Å². The average Bonchev–Trinajstić information content (AvgIpc) is 3.24. The number of likely N-dealkylation sites (N-methyl/N-ethyl adjacent to an activating group) is 3. The lowest BCUT2D eigenvalue weighted by Gasteiger charge is -2.43. The third-order valence-corrected chi connectivity index (χ3v) is 8.40. The molecular formula is C28H43N7. The van der Waals surface area contributed by atoms with E-state index in [2.05, 4.69) is 82.8 Å². The SMILES string of the molecule is CCN(CC)CC1C(CN(C)[C@H]2CCCc3cccnc32)N=C2C=CC=C(N3CCN(C)CC3)N21. The van der Waals surface area contributed by atoms with Gasteiger partial charge < -0.3 is 19.6 Å². The molecule has 1 saturated heterocycles. The number of hydrogen-bond acceptors (Lipinski definition) is 7. The first-order valence-corrected chi connectivity index (χ1v) is 13.6. The van der Waals surface area contributed by atoms with Crippen molar-refractivity contribution in [3.8, 4) is 0 Å². The number of aromatic nitrogens is 1. The standard InChI is InChI=1S/C28H43N7/c1-5-33(6-2)21-25-23(20-32(4)24-12-7-10-22-11-9-15-29-28(22)24)30-26-13-8-14-27(35(25)26)34-18-16-31(3)17-19-34/h8-9,11,13-15,23-25H,5-7,10,12,16-21H2,1-4H3/t23?,24-,25?/m0/s1. The van der Waals surface area contributed by atoms with E-state index in [4.69, 9.17) is 9.98 Å². The number of aliphatic imine (C=N–C) groups is 1. The summed E-state index contributed by atoms with van der Waals surface area (Å²) in [4.78, 5) is 22.8. The monoisotopic (exact) mass is 477 g/mol. The molecule has 0 amide bonds. The molecule has 1 aromatic rings. The normalized spacial score (nSPS) is 26.7. The summed E-state index contributed by atoms with van der Waals surface area (Å²) in [5.74, 6) is 2.48. The molecule has 0 aromatic carbocycles. The summed E-state index contributed by atoms with van der Waals surface area (Å²) < 4.78 is 0. The predicted molar refractivity (Wildman–Crippen MR) is 143 cm³/mol. The molecule has 0 bridgehead atoms. The van der Waals surface area contributed by atoms with Gasteiger partial charge in [-0.3, -0.25) is 14.9 Å². The van der Waals surface area contributed by atoms with Crippen molar-refractivity contribution in [1.82, 2.24) is 29.5 Å². The summed E-state index contributed by atoms with van der Waals surface area (Å²) in [5, 5.41) is 0. The van der Waals surface area contributed by atoms with E-state index in [1.165, 1.54) is 29.9 Å². The summed E-state index contributed by atoms with van der Waals surface area (Å²) in [5.41, 5.74) is 2.71. The van der Waals surface area contributed by atoms with Crippen LogP contribution >= 0.6 is 0 Å². The molecule has 4 heterocycles. The Hall–Kier alpha value is -2.22. The van der Waals surface area contributed by atoms with Gasteiger partial charge in [-0.05, 0) is 70.2 Å². The number of allylic oxidation sites excluding steroid dienone is 2. The smallest absolute Gasteiger partial charge is 0.129 e. The number of pyridine rings is 1. The molecule has 35 heavy (non-hydrogen) atoms. The van der Waals surface area contributed by atoms with Gasteiger partial charge in [-0.1, -0.05) is 26.0 Å². The minimum atomic E-state index is 0.239. The van der Waals surface area contributed by atoms with Crippen molar-refractivity contribution < 1.29 is 0 Å². The molecule has 5 rings (SSSR count). The van der Waals surface area contributed by atoms with Crippen LogP contribution < -0.4 is 0 Å².